The third kappa shape index (κ3) is 2.49. The highest BCUT2D eigenvalue weighted by atomic mass is 32.2. The van der Waals surface area contributed by atoms with E-state index in [2.05, 4.69) is 9.71 Å². The summed E-state index contributed by atoms with van der Waals surface area (Å²) in [5.41, 5.74) is 0.278. The van der Waals surface area contributed by atoms with E-state index in [9.17, 15) is 13.2 Å². The number of carboxylic acids is 1. The Labute approximate surface area is 107 Å². The van der Waals surface area contributed by atoms with Gasteiger partial charge < -0.3 is 5.11 Å². The molecule has 2 rings (SSSR count). The van der Waals surface area contributed by atoms with Gasteiger partial charge in [-0.2, -0.15) is 0 Å². The Balaban J connectivity index is 2.37. The summed E-state index contributed by atoms with van der Waals surface area (Å²) in [4.78, 5) is 14.2. The molecule has 0 aliphatic carbocycles. The van der Waals surface area contributed by atoms with Crippen molar-refractivity contribution >= 4 is 33.0 Å². The Hall–Kier alpha value is -1.93. The number of pyridine rings is 1. The Morgan fingerprint density at radius 2 is 2.17 bits per heavy atom. The molecule has 0 unspecified atom stereocenters. The first-order valence-corrected chi connectivity index (χ1v) is 7.10. The molecule has 2 N–H and O–H groups in total. The van der Waals surface area contributed by atoms with E-state index in [1.807, 2.05) is 0 Å². The first-order valence-electron chi connectivity index (χ1n) is 4.74. The van der Waals surface area contributed by atoms with Crippen LogP contribution in [0.25, 0.3) is 0 Å². The summed E-state index contributed by atoms with van der Waals surface area (Å²) in [5, 5.41) is 10.3. The zero-order valence-electron chi connectivity index (χ0n) is 8.90. The molecule has 0 fully saturated rings. The van der Waals surface area contributed by atoms with Gasteiger partial charge in [-0.05, 0) is 23.6 Å². The maximum atomic E-state index is 12.0. The van der Waals surface area contributed by atoms with Crippen LogP contribution in [0.4, 0.5) is 5.69 Å². The van der Waals surface area contributed by atoms with E-state index < -0.39 is 16.0 Å². The molecular formula is C10H8N2O4S2. The van der Waals surface area contributed by atoms with Crippen molar-refractivity contribution in [2.24, 2.45) is 0 Å². The minimum Gasteiger partial charge on any atom is -0.477 e. The molecule has 0 saturated carbocycles. The van der Waals surface area contributed by atoms with Crippen molar-refractivity contribution in [1.29, 1.82) is 0 Å². The van der Waals surface area contributed by atoms with Gasteiger partial charge in [0.25, 0.3) is 10.0 Å². The molecule has 2 aromatic rings. The summed E-state index contributed by atoms with van der Waals surface area (Å²) < 4.78 is 26.3. The van der Waals surface area contributed by atoms with E-state index in [0.717, 1.165) is 11.3 Å². The number of hydrogen-bond acceptors (Lipinski definition) is 5. The van der Waals surface area contributed by atoms with Gasteiger partial charge in [-0.1, -0.05) is 0 Å². The van der Waals surface area contributed by atoms with Gasteiger partial charge in [-0.15, -0.1) is 11.3 Å². The van der Waals surface area contributed by atoms with Crippen LogP contribution in [0.3, 0.4) is 0 Å². The van der Waals surface area contributed by atoms with Gasteiger partial charge in [-0.25, -0.2) is 13.2 Å². The number of nitrogens with one attached hydrogen (secondary N) is 1. The predicted octanol–water partition coefficient (Wildman–Crippen LogP) is 1.64. The van der Waals surface area contributed by atoms with Crippen molar-refractivity contribution in [1.82, 2.24) is 4.98 Å². The first-order chi connectivity index (χ1) is 8.50. The van der Waals surface area contributed by atoms with Crippen LogP contribution in [0.15, 0.2) is 40.9 Å². The van der Waals surface area contributed by atoms with Crippen molar-refractivity contribution < 1.29 is 18.3 Å². The summed E-state index contributed by atoms with van der Waals surface area (Å²) in [6.07, 6.45) is 2.84. The molecule has 0 saturated heterocycles. The molecule has 0 aromatic carbocycles. The molecule has 8 heteroatoms. The maximum Gasteiger partial charge on any atom is 0.347 e. The fraction of sp³-hybridized carbons (Fsp3) is 0. The molecule has 0 spiro atoms. The van der Waals surface area contributed by atoms with Crippen LogP contribution in [-0.4, -0.2) is 24.5 Å². The van der Waals surface area contributed by atoms with Crippen molar-refractivity contribution in [3.8, 4) is 0 Å². The summed E-state index contributed by atoms with van der Waals surface area (Å²) in [5.74, 6) is -1.27. The highest BCUT2D eigenvalue weighted by Gasteiger charge is 2.23. The second-order valence-electron chi connectivity index (χ2n) is 3.27. The highest BCUT2D eigenvalue weighted by Crippen LogP contribution is 2.23. The normalized spacial score (nSPS) is 11.1. The first kappa shape index (κ1) is 12.5. The predicted molar refractivity (Wildman–Crippen MR) is 66.3 cm³/mol. The number of carbonyl (C=O) groups is 1. The van der Waals surface area contributed by atoms with Crippen LogP contribution in [0.5, 0.6) is 0 Å². The van der Waals surface area contributed by atoms with E-state index in [1.54, 1.807) is 6.07 Å². The van der Waals surface area contributed by atoms with Crippen LogP contribution >= 0.6 is 11.3 Å². The van der Waals surface area contributed by atoms with Crippen molar-refractivity contribution in [3.63, 3.8) is 0 Å². The number of anilines is 1. The summed E-state index contributed by atoms with van der Waals surface area (Å²) in [7, 11) is -3.91. The quantitative estimate of drug-likeness (QED) is 0.889. The van der Waals surface area contributed by atoms with E-state index in [1.165, 1.54) is 29.9 Å². The zero-order chi connectivity index (χ0) is 13.2. The Morgan fingerprint density at radius 3 is 2.78 bits per heavy atom. The fourth-order valence-electron chi connectivity index (χ4n) is 1.30. The molecule has 0 radical (unpaired) electrons. The van der Waals surface area contributed by atoms with Gasteiger partial charge in [0.15, 0.2) is 0 Å². The molecule has 0 atom stereocenters. The lowest BCUT2D eigenvalue weighted by atomic mass is 10.4. The number of sulfonamides is 1. The minimum atomic E-state index is -3.91. The molecule has 0 aliphatic rings. The Bertz CT molecular complexity index is 664. The van der Waals surface area contributed by atoms with Gasteiger partial charge in [0, 0.05) is 6.20 Å². The third-order valence-electron chi connectivity index (χ3n) is 2.03. The average Bonchev–Trinajstić information content (AvgIpc) is 2.79. The number of nitrogens with zero attached hydrogens (tertiary/aromatic N) is 1. The standard InChI is InChI=1S/C10H8N2O4S2/c13-10(14)9-8(3-5-17-9)18(15,16)12-7-2-1-4-11-6-7/h1-6,12H,(H,13,14). The average molecular weight is 284 g/mol. The topological polar surface area (TPSA) is 96.4 Å². The van der Waals surface area contributed by atoms with Crippen molar-refractivity contribution in [2.45, 2.75) is 4.90 Å². The number of rotatable bonds is 4. The lowest BCUT2D eigenvalue weighted by Crippen LogP contribution is -2.15. The highest BCUT2D eigenvalue weighted by molar-refractivity contribution is 7.93. The summed E-state index contributed by atoms with van der Waals surface area (Å²) >= 11 is 0.861. The second kappa shape index (κ2) is 4.75. The fourth-order valence-corrected chi connectivity index (χ4v) is 3.60. The van der Waals surface area contributed by atoms with Gasteiger partial charge in [0.2, 0.25) is 0 Å². The molecule has 6 nitrogen and oxygen atoms in total. The Morgan fingerprint density at radius 1 is 1.39 bits per heavy atom. The molecule has 2 heterocycles. The van der Waals surface area contributed by atoms with Crippen LogP contribution in [0.2, 0.25) is 0 Å². The maximum absolute atomic E-state index is 12.0. The Kier molecular flexibility index (Phi) is 3.30. The molecule has 94 valence electrons. The van der Waals surface area contributed by atoms with Gasteiger partial charge in [0.05, 0.1) is 11.9 Å². The molecular weight excluding hydrogens is 276 g/mol. The number of aromatic nitrogens is 1. The van der Waals surface area contributed by atoms with E-state index in [4.69, 9.17) is 5.11 Å². The van der Waals surface area contributed by atoms with Crippen molar-refractivity contribution in [2.75, 3.05) is 4.72 Å². The third-order valence-corrected chi connectivity index (χ3v) is 4.48. The van der Waals surface area contributed by atoms with Crippen LogP contribution < -0.4 is 4.72 Å². The number of carboxylic acid groups (broad SMARTS) is 1. The largest absolute Gasteiger partial charge is 0.477 e. The minimum absolute atomic E-state index is 0.216. The molecule has 18 heavy (non-hydrogen) atoms. The SMILES string of the molecule is O=C(O)c1sccc1S(=O)(=O)Nc1cccnc1. The van der Waals surface area contributed by atoms with Gasteiger partial charge in [0.1, 0.15) is 9.77 Å². The zero-order valence-corrected chi connectivity index (χ0v) is 10.5. The lowest BCUT2D eigenvalue weighted by Gasteiger charge is -2.06. The summed E-state index contributed by atoms with van der Waals surface area (Å²) in [6.45, 7) is 0. The van der Waals surface area contributed by atoms with Gasteiger partial charge in [-0.3, -0.25) is 9.71 Å². The molecule has 0 bridgehead atoms. The van der Waals surface area contributed by atoms with Gasteiger partial charge >= 0.3 is 5.97 Å². The molecule has 0 aliphatic heterocycles. The smallest absolute Gasteiger partial charge is 0.347 e. The summed E-state index contributed by atoms with van der Waals surface area (Å²) in [6, 6.07) is 4.35. The van der Waals surface area contributed by atoms with Crippen LogP contribution in [-0.2, 0) is 10.0 Å². The van der Waals surface area contributed by atoms with E-state index >= 15 is 0 Å². The van der Waals surface area contributed by atoms with E-state index in [-0.39, 0.29) is 15.5 Å². The molecule has 2 aromatic heterocycles. The molecule has 0 amide bonds. The van der Waals surface area contributed by atoms with Crippen LogP contribution in [0.1, 0.15) is 9.67 Å². The number of thiophene rings is 1. The monoisotopic (exact) mass is 284 g/mol. The number of aromatic carboxylic acids is 1. The van der Waals surface area contributed by atoms with Crippen molar-refractivity contribution in [3.05, 3.63) is 40.8 Å². The number of hydrogen-bond donors (Lipinski definition) is 2. The second-order valence-corrected chi connectivity index (χ2v) is 5.83. The van der Waals surface area contributed by atoms with Crippen LogP contribution in [0, 0.1) is 0 Å². The lowest BCUT2D eigenvalue weighted by molar-refractivity contribution is 0.0698. The van der Waals surface area contributed by atoms with E-state index in [0.29, 0.717) is 0 Å².